The number of hydrogen-bond donors (Lipinski definition) is 1. The third kappa shape index (κ3) is 4.34. The van der Waals surface area contributed by atoms with Gasteiger partial charge in [-0.2, -0.15) is 18.3 Å². The number of nitrogens with one attached hydrogen (secondary N) is 1. The van der Waals surface area contributed by atoms with Crippen LogP contribution in [0.15, 0.2) is 59.9 Å². The van der Waals surface area contributed by atoms with E-state index in [1.807, 2.05) is 0 Å². The molecule has 0 atom stereocenters. The molecule has 10 heteroatoms. The highest BCUT2D eigenvalue weighted by molar-refractivity contribution is 7.89. The van der Waals surface area contributed by atoms with Crippen LogP contribution >= 0.6 is 0 Å². The summed E-state index contributed by atoms with van der Waals surface area (Å²) in [5.74, 6) is 0. The monoisotopic (exact) mass is 396 g/mol. The molecule has 0 aliphatic carbocycles. The SMILES string of the molecule is Cn1cc(-c2ncccc2CNS(=O)(=O)c2ccc(C(F)(F)F)cc2)cn1. The van der Waals surface area contributed by atoms with Gasteiger partial charge >= 0.3 is 6.18 Å². The molecule has 0 saturated heterocycles. The van der Waals surface area contributed by atoms with E-state index in [4.69, 9.17) is 0 Å². The van der Waals surface area contributed by atoms with Crippen molar-refractivity contribution < 1.29 is 21.6 Å². The number of rotatable bonds is 5. The summed E-state index contributed by atoms with van der Waals surface area (Å²) in [6.45, 7) is -0.0680. The first kappa shape index (κ1) is 19.1. The molecule has 0 spiro atoms. The Bertz CT molecular complexity index is 1040. The van der Waals surface area contributed by atoms with Gasteiger partial charge in [0.05, 0.1) is 22.3 Å². The van der Waals surface area contributed by atoms with E-state index in [1.54, 1.807) is 42.5 Å². The third-order valence-electron chi connectivity index (χ3n) is 3.81. The van der Waals surface area contributed by atoms with Crippen LogP contribution in [0, 0.1) is 0 Å². The van der Waals surface area contributed by atoms with E-state index >= 15 is 0 Å². The quantitative estimate of drug-likeness (QED) is 0.719. The molecular formula is C17H15F3N4O2S. The van der Waals surface area contributed by atoms with Gasteiger partial charge in [0.25, 0.3) is 0 Å². The second kappa shape index (κ2) is 7.12. The number of nitrogens with zero attached hydrogens (tertiary/aromatic N) is 3. The Morgan fingerprint density at radius 3 is 2.44 bits per heavy atom. The molecule has 0 aliphatic heterocycles. The molecular weight excluding hydrogens is 381 g/mol. The first-order chi connectivity index (χ1) is 12.7. The molecule has 142 valence electrons. The van der Waals surface area contributed by atoms with Gasteiger partial charge in [0, 0.05) is 31.5 Å². The Morgan fingerprint density at radius 2 is 1.85 bits per heavy atom. The molecule has 27 heavy (non-hydrogen) atoms. The van der Waals surface area contributed by atoms with Crippen molar-refractivity contribution in [1.82, 2.24) is 19.5 Å². The van der Waals surface area contributed by atoms with E-state index < -0.39 is 21.8 Å². The van der Waals surface area contributed by atoms with Gasteiger partial charge in [0.15, 0.2) is 0 Å². The average Bonchev–Trinajstić information content (AvgIpc) is 3.06. The van der Waals surface area contributed by atoms with Crippen LogP contribution in [0.1, 0.15) is 11.1 Å². The van der Waals surface area contributed by atoms with Gasteiger partial charge in [-0.3, -0.25) is 9.67 Å². The Morgan fingerprint density at radius 1 is 1.15 bits per heavy atom. The number of halogens is 3. The lowest BCUT2D eigenvalue weighted by Gasteiger charge is -2.11. The fraction of sp³-hybridized carbons (Fsp3) is 0.176. The highest BCUT2D eigenvalue weighted by Gasteiger charge is 2.30. The minimum absolute atomic E-state index is 0.0680. The number of benzene rings is 1. The molecule has 2 heterocycles. The lowest BCUT2D eigenvalue weighted by atomic mass is 10.1. The van der Waals surface area contributed by atoms with Gasteiger partial charge < -0.3 is 0 Å². The van der Waals surface area contributed by atoms with E-state index in [9.17, 15) is 21.6 Å². The summed E-state index contributed by atoms with van der Waals surface area (Å²) < 4.78 is 66.6. The molecule has 1 N–H and O–H groups in total. The van der Waals surface area contributed by atoms with Crippen LogP contribution < -0.4 is 4.72 Å². The van der Waals surface area contributed by atoms with Crippen molar-refractivity contribution in [1.29, 1.82) is 0 Å². The number of alkyl halides is 3. The zero-order chi connectivity index (χ0) is 19.7. The highest BCUT2D eigenvalue weighted by Crippen LogP contribution is 2.29. The third-order valence-corrected chi connectivity index (χ3v) is 5.23. The Hall–Kier alpha value is -2.72. The van der Waals surface area contributed by atoms with E-state index in [0.717, 1.165) is 29.8 Å². The van der Waals surface area contributed by atoms with Crippen LogP contribution in [0.2, 0.25) is 0 Å². The molecule has 0 unspecified atom stereocenters. The summed E-state index contributed by atoms with van der Waals surface area (Å²) in [5, 5.41) is 4.06. The lowest BCUT2D eigenvalue weighted by Crippen LogP contribution is -2.23. The molecule has 2 aromatic heterocycles. The van der Waals surface area contributed by atoms with Crippen LogP contribution in [0.5, 0.6) is 0 Å². The maximum atomic E-state index is 12.6. The van der Waals surface area contributed by atoms with Crippen LogP contribution in [-0.2, 0) is 29.8 Å². The first-order valence-corrected chi connectivity index (χ1v) is 9.25. The molecule has 0 bridgehead atoms. The maximum absolute atomic E-state index is 12.6. The molecule has 0 saturated carbocycles. The van der Waals surface area contributed by atoms with Crippen LogP contribution in [0.25, 0.3) is 11.3 Å². The number of sulfonamides is 1. The topological polar surface area (TPSA) is 76.9 Å². The first-order valence-electron chi connectivity index (χ1n) is 7.77. The predicted molar refractivity (Wildman–Crippen MR) is 91.9 cm³/mol. The minimum atomic E-state index is -4.52. The zero-order valence-electron chi connectivity index (χ0n) is 14.1. The molecule has 0 radical (unpaired) electrons. The van der Waals surface area contributed by atoms with Crippen LogP contribution in [0.3, 0.4) is 0 Å². The van der Waals surface area contributed by atoms with Gasteiger partial charge in [0.1, 0.15) is 0 Å². The molecule has 0 aliphatic rings. The Balaban J connectivity index is 1.80. The molecule has 0 fully saturated rings. The normalized spacial score (nSPS) is 12.3. The summed E-state index contributed by atoms with van der Waals surface area (Å²) in [7, 11) is -2.23. The summed E-state index contributed by atoms with van der Waals surface area (Å²) in [6, 6.07) is 6.71. The van der Waals surface area contributed by atoms with Crippen LogP contribution in [-0.4, -0.2) is 23.2 Å². The van der Waals surface area contributed by atoms with Crippen molar-refractivity contribution in [3.8, 4) is 11.3 Å². The fourth-order valence-corrected chi connectivity index (χ4v) is 3.47. The smallest absolute Gasteiger partial charge is 0.275 e. The number of hydrogen-bond acceptors (Lipinski definition) is 4. The molecule has 3 rings (SSSR count). The molecule has 3 aromatic rings. The summed E-state index contributed by atoms with van der Waals surface area (Å²) in [6.07, 6.45) is 0.409. The van der Waals surface area contributed by atoms with Gasteiger partial charge in [0.2, 0.25) is 10.0 Å². The van der Waals surface area contributed by atoms with Gasteiger partial charge in [-0.05, 0) is 35.9 Å². The van der Waals surface area contributed by atoms with Crippen LogP contribution in [0.4, 0.5) is 13.2 Å². The van der Waals surface area contributed by atoms with Crippen molar-refractivity contribution in [2.45, 2.75) is 17.6 Å². The van der Waals surface area contributed by atoms with Gasteiger partial charge in [-0.15, -0.1) is 0 Å². The Kier molecular flexibility index (Phi) is 5.03. The van der Waals surface area contributed by atoms with Crippen molar-refractivity contribution in [3.05, 3.63) is 66.1 Å². The number of pyridine rings is 1. The second-order valence-corrected chi connectivity index (χ2v) is 7.53. The maximum Gasteiger partial charge on any atom is 0.416 e. The second-order valence-electron chi connectivity index (χ2n) is 5.76. The van der Waals surface area contributed by atoms with Crippen molar-refractivity contribution >= 4 is 10.0 Å². The largest absolute Gasteiger partial charge is 0.416 e. The summed E-state index contributed by atoms with van der Waals surface area (Å²) >= 11 is 0. The van der Waals surface area contributed by atoms with Crippen molar-refractivity contribution in [2.24, 2.45) is 7.05 Å². The van der Waals surface area contributed by atoms with E-state index in [1.165, 1.54) is 0 Å². The summed E-state index contributed by atoms with van der Waals surface area (Å²) in [5.41, 5.74) is 0.996. The number of aromatic nitrogens is 3. The molecule has 6 nitrogen and oxygen atoms in total. The minimum Gasteiger partial charge on any atom is -0.275 e. The highest BCUT2D eigenvalue weighted by atomic mass is 32.2. The molecule has 0 amide bonds. The summed E-state index contributed by atoms with van der Waals surface area (Å²) in [4.78, 5) is 4.01. The molecule has 1 aromatic carbocycles. The van der Waals surface area contributed by atoms with E-state index in [0.29, 0.717) is 11.3 Å². The lowest BCUT2D eigenvalue weighted by molar-refractivity contribution is -0.137. The van der Waals surface area contributed by atoms with Crippen molar-refractivity contribution in [2.75, 3.05) is 0 Å². The Labute approximate surface area is 153 Å². The zero-order valence-corrected chi connectivity index (χ0v) is 14.9. The van der Waals surface area contributed by atoms with Crippen molar-refractivity contribution in [3.63, 3.8) is 0 Å². The number of aryl methyl sites for hydroxylation is 1. The standard InChI is InChI=1S/C17H15F3N4O2S/c1-24-11-13(9-22-24)16-12(3-2-8-21-16)10-23-27(25,26)15-6-4-14(5-7-15)17(18,19)20/h2-9,11,23H,10H2,1H3. The predicted octanol–water partition coefficient (Wildman–Crippen LogP) is 2.98. The van der Waals surface area contributed by atoms with Gasteiger partial charge in [-0.1, -0.05) is 6.07 Å². The van der Waals surface area contributed by atoms with Gasteiger partial charge in [-0.25, -0.2) is 13.1 Å². The average molecular weight is 396 g/mol. The van der Waals surface area contributed by atoms with E-state index in [2.05, 4.69) is 14.8 Å². The fourth-order valence-electron chi connectivity index (χ4n) is 2.46. The van der Waals surface area contributed by atoms with E-state index in [-0.39, 0.29) is 11.4 Å².